The zero-order valence-electron chi connectivity index (χ0n) is 14.8. The van der Waals surface area contributed by atoms with E-state index in [0.717, 1.165) is 19.6 Å². The first-order chi connectivity index (χ1) is 11.8. The second-order valence-corrected chi connectivity index (χ2v) is 7.45. The van der Waals surface area contributed by atoms with Gasteiger partial charge in [-0.05, 0) is 37.3 Å². The molecule has 0 bridgehead atoms. The molecule has 1 atom stereocenters. The quantitative estimate of drug-likeness (QED) is 0.871. The number of nitrogens with one attached hydrogen (secondary N) is 1. The average Bonchev–Trinajstić information content (AvgIpc) is 3.30. The number of hydrogen-bond acceptors (Lipinski definition) is 4. The number of aromatic nitrogens is 1. The van der Waals surface area contributed by atoms with Crippen molar-refractivity contribution in [2.75, 3.05) is 26.2 Å². The fourth-order valence-electron chi connectivity index (χ4n) is 4.33. The van der Waals surface area contributed by atoms with E-state index in [1.165, 1.54) is 44.1 Å². The van der Waals surface area contributed by atoms with Crippen LogP contribution in [0.25, 0.3) is 0 Å². The molecule has 4 rings (SSSR count). The minimum atomic E-state index is 0. The number of hydrogen-bond donors (Lipinski definition) is 1. The lowest BCUT2D eigenvalue weighted by molar-refractivity contribution is -0.136. The van der Waals surface area contributed by atoms with E-state index in [9.17, 15) is 4.79 Å². The first-order valence-corrected chi connectivity index (χ1v) is 9.49. The zero-order chi connectivity index (χ0) is 16.4. The first kappa shape index (κ1) is 18.6. The molecule has 138 valence electrons. The van der Waals surface area contributed by atoms with Crippen molar-refractivity contribution in [2.45, 2.75) is 56.7 Å². The molecule has 6 heteroatoms. The second kappa shape index (κ2) is 8.47. The number of rotatable bonds is 5. The van der Waals surface area contributed by atoms with Crippen molar-refractivity contribution in [2.24, 2.45) is 0 Å². The number of halogens is 1. The lowest BCUT2D eigenvalue weighted by Gasteiger charge is -2.38. The third kappa shape index (κ3) is 4.33. The molecule has 1 N–H and O–H groups in total. The molecule has 1 aliphatic heterocycles. The third-order valence-corrected chi connectivity index (χ3v) is 5.71. The molecular formula is C19H29ClN4O. The predicted octanol–water partition coefficient (Wildman–Crippen LogP) is 2.38. The van der Waals surface area contributed by atoms with Crippen LogP contribution in [0.4, 0.5) is 0 Å². The Labute approximate surface area is 156 Å². The molecule has 1 aromatic heterocycles. The Morgan fingerprint density at radius 1 is 1.24 bits per heavy atom. The standard InChI is InChI=1S/C19H28N4O.ClH/c24-19(23(17-7-8-17)16-5-1-2-6-16)14-22-11-10-21-13-18(22)15-4-3-9-20-12-15;/h3-4,9,12,16-18,21H,1-2,5-8,10-11,13-14H2;1H. The van der Waals surface area contributed by atoms with Gasteiger partial charge in [-0.15, -0.1) is 12.4 Å². The Balaban J connectivity index is 0.00000182. The molecule has 25 heavy (non-hydrogen) atoms. The van der Waals surface area contributed by atoms with Crippen LogP contribution in [0.15, 0.2) is 24.5 Å². The number of carbonyl (C=O) groups is 1. The topological polar surface area (TPSA) is 48.5 Å². The summed E-state index contributed by atoms with van der Waals surface area (Å²) in [7, 11) is 0. The summed E-state index contributed by atoms with van der Waals surface area (Å²) >= 11 is 0. The van der Waals surface area contributed by atoms with Crippen LogP contribution < -0.4 is 5.32 Å². The molecule has 0 spiro atoms. The SMILES string of the molecule is Cl.O=C(CN1CCNCC1c1cccnc1)N(C1CCCC1)C1CC1. The van der Waals surface area contributed by atoms with Gasteiger partial charge in [0.05, 0.1) is 6.54 Å². The highest BCUT2D eigenvalue weighted by molar-refractivity contribution is 5.85. The number of pyridine rings is 1. The maximum absolute atomic E-state index is 13.1. The number of piperazine rings is 1. The Morgan fingerprint density at radius 2 is 2.00 bits per heavy atom. The van der Waals surface area contributed by atoms with E-state index in [1.54, 1.807) is 0 Å². The van der Waals surface area contributed by atoms with Gasteiger partial charge in [-0.1, -0.05) is 18.9 Å². The second-order valence-electron chi connectivity index (χ2n) is 7.45. The van der Waals surface area contributed by atoms with E-state index in [0.29, 0.717) is 24.5 Å². The van der Waals surface area contributed by atoms with Crippen molar-refractivity contribution in [3.05, 3.63) is 30.1 Å². The van der Waals surface area contributed by atoms with Crippen LogP contribution >= 0.6 is 12.4 Å². The smallest absolute Gasteiger partial charge is 0.237 e. The van der Waals surface area contributed by atoms with Crippen molar-refractivity contribution in [3.8, 4) is 0 Å². The molecule has 1 saturated heterocycles. The summed E-state index contributed by atoms with van der Waals surface area (Å²) in [5.41, 5.74) is 1.20. The highest BCUT2D eigenvalue weighted by atomic mass is 35.5. The summed E-state index contributed by atoms with van der Waals surface area (Å²) in [6.07, 6.45) is 11.1. The van der Waals surface area contributed by atoms with E-state index >= 15 is 0 Å². The van der Waals surface area contributed by atoms with Crippen LogP contribution in [0.3, 0.4) is 0 Å². The molecule has 2 saturated carbocycles. The molecule has 0 aromatic carbocycles. The minimum absolute atomic E-state index is 0. The van der Waals surface area contributed by atoms with Crippen LogP contribution in [-0.2, 0) is 4.79 Å². The monoisotopic (exact) mass is 364 g/mol. The summed E-state index contributed by atoms with van der Waals surface area (Å²) in [5, 5.41) is 3.46. The maximum Gasteiger partial charge on any atom is 0.237 e. The van der Waals surface area contributed by atoms with E-state index in [-0.39, 0.29) is 18.4 Å². The van der Waals surface area contributed by atoms with Crippen molar-refractivity contribution >= 4 is 18.3 Å². The highest BCUT2D eigenvalue weighted by Gasteiger charge is 2.39. The zero-order valence-corrected chi connectivity index (χ0v) is 15.6. The molecule has 3 fully saturated rings. The van der Waals surface area contributed by atoms with Crippen LogP contribution in [0, 0.1) is 0 Å². The Bertz CT molecular complexity index is 560. The lowest BCUT2D eigenvalue weighted by atomic mass is 10.1. The van der Waals surface area contributed by atoms with Crippen LogP contribution in [0.1, 0.15) is 50.1 Å². The van der Waals surface area contributed by atoms with Gasteiger partial charge in [0.1, 0.15) is 0 Å². The Morgan fingerprint density at radius 3 is 2.68 bits per heavy atom. The predicted molar refractivity (Wildman–Crippen MR) is 101 cm³/mol. The highest BCUT2D eigenvalue weighted by Crippen LogP contribution is 2.35. The average molecular weight is 365 g/mol. The van der Waals surface area contributed by atoms with Gasteiger partial charge in [0.2, 0.25) is 5.91 Å². The summed E-state index contributed by atoms with van der Waals surface area (Å²) in [5.74, 6) is 0.347. The summed E-state index contributed by atoms with van der Waals surface area (Å²) in [6, 6.07) is 5.39. The van der Waals surface area contributed by atoms with E-state index in [4.69, 9.17) is 0 Å². The summed E-state index contributed by atoms with van der Waals surface area (Å²) in [4.78, 5) is 22.0. The first-order valence-electron chi connectivity index (χ1n) is 9.49. The number of amides is 1. The van der Waals surface area contributed by atoms with Gasteiger partial charge in [-0.3, -0.25) is 14.7 Å². The normalized spacial score (nSPS) is 24.7. The van der Waals surface area contributed by atoms with Crippen LogP contribution in [0.5, 0.6) is 0 Å². The van der Waals surface area contributed by atoms with Crippen LogP contribution in [-0.4, -0.2) is 59.0 Å². The molecule has 2 aliphatic carbocycles. The van der Waals surface area contributed by atoms with E-state index < -0.39 is 0 Å². The molecule has 1 aromatic rings. The largest absolute Gasteiger partial charge is 0.336 e. The Kier molecular flexibility index (Phi) is 6.31. The van der Waals surface area contributed by atoms with Gasteiger partial charge in [0, 0.05) is 50.2 Å². The molecule has 2 heterocycles. The molecule has 5 nitrogen and oxygen atoms in total. The maximum atomic E-state index is 13.1. The van der Waals surface area contributed by atoms with Gasteiger partial charge >= 0.3 is 0 Å². The molecule has 1 unspecified atom stereocenters. The van der Waals surface area contributed by atoms with Gasteiger partial charge in [0.15, 0.2) is 0 Å². The van der Waals surface area contributed by atoms with Crippen molar-refractivity contribution < 1.29 is 4.79 Å². The van der Waals surface area contributed by atoms with E-state index in [2.05, 4.69) is 26.2 Å². The minimum Gasteiger partial charge on any atom is -0.336 e. The molecule has 3 aliphatic rings. The fraction of sp³-hybridized carbons (Fsp3) is 0.684. The number of nitrogens with zero attached hydrogens (tertiary/aromatic N) is 3. The fourth-order valence-corrected chi connectivity index (χ4v) is 4.33. The van der Waals surface area contributed by atoms with Crippen molar-refractivity contribution in [3.63, 3.8) is 0 Å². The summed E-state index contributed by atoms with van der Waals surface area (Å²) in [6.45, 7) is 3.32. The van der Waals surface area contributed by atoms with E-state index in [1.807, 2.05) is 18.5 Å². The Hall–Kier alpha value is -1.17. The van der Waals surface area contributed by atoms with Crippen LogP contribution in [0.2, 0.25) is 0 Å². The van der Waals surface area contributed by atoms with Gasteiger partial charge < -0.3 is 10.2 Å². The van der Waals surface area contributed by atoms with Crippen molar-refractivity contribution in [1.29, 1.82) is 0 Å². The van der Waals surface area contributed by atoms with Gasteiger partial charge in [0.25, 0.3) is 0 Å². The summed E-state index contributed by atoms with van der Waals surface area (Å²) < 4.78 is 0. The molecule has 1 amide bonds. The molecular weight excluding hydrogens is 336 g/mol. The van der Waals surface area contributed by atoms with Crippen molar-refractivity contribution in [1.82, 2.24) is 20.1 Å². The number of carbonyl (C=O) groups excluding carboxylic acids is 1. The molecule has 0 radical (unpaired) electrons. The lowest BCUT2D eigenvalue weighted by Crippen LogP contribution is -2.52. The van der Waals surface area contributed by atoms with Gasteiger partial charge in [-0.2, -0.15) is 0 Å². The van der Waals surface area contributed by atoms with Gasteiger partial charge in [-0.25, -0.2) is 0 Å². The third-order valence-electron chi connectivity index (χ3n) is 5.71.